The first kappa shape index (κ1) is 48.2. The van der Waals surface area contributed by atoms with Crippen molar-refractivity contribution in [2.45, 2.75) is 113 Å². The van der Waals surface area contributed by atoms with Gasteiger partial charge < -0.3 is 24.9 Å². The number of unbranched alkanes of at least 4 members (excludes halogenated alkanes) is 1. The molecule has 0 radical (unpaired) electrons. The van der Waals surface area contributed by atoms with E-state index in [4.69, 9.17) is 0 Å². The average Bonchev–Trinajstić information content (AvgIpc) is 3.78. The third-order valence-corrected chi connectivity index (χ3v) is 16.3. The van der Waals surface area contributed by atoms with Gasteiger partial charge in [-0.2, -0.15) is 0 Å². The second-order valence-corrected chi connectivity index (χ2v) is 21.2. The van der Waals surface area contributed by atoms with E-state index in [1.165, 1.54) is 6.42 Å². The van der Waals surface area contributed by atoms with Crippen molar-refractivity contribution in [1.29, 1.82) is 0 Å². The fourth-order valence-corrected chi connectivity index (χ4v) is 12.5. The van der Waals surface area contributed by atoms with Gasteiger partial charge in [0, 0.05) is 87.9 Å². The van der Waals surface area contributed by atoms with Crippen LogP contribution in [-0.4, -0.2) is 136 Å². The lowest BCUT2D eigenvalue weighted by atomic mass is 9.84. The van der Waals surface area contributed by atoms with Gasteiger partial charge in [0.15, 0.2) is 0 Å². The highest BCUT2D eigenvalue weighted by Gasteiger charge is 2.44. The number of sulfonamides is 1. The molecule has 4 aliphatic rings. The number of carbonyl (C=O) groups is 4. The summed E-state index contributed by atoms with van der Waals surface area (Å²) in [6.07, 6.45) is 11.5. The normalized spacial score (nSPS) is 21.6. The largest absolute Gasteiger partial charge is 0.377 e. The van der Waals surface area contributed by atoms with Gasteiger partial charge in [-0.25, -0.2) is 13.1 Å². The molecule has 0 unspecified atom stereocenters. The minimum absolute atomic E-state index is 0.0171. The molecule has 0 aromatic heterocycles. The Morgan fingerprint density at radius 3 is 2.18 bits per heavy atom. The Bertz CT molecular complexity index is 2450. The lowest BCUT2D eigenvalue weighted by Crippen LogP contribution is -2.64. The molecule has 14 heteroatoms. The minimum Gasteiger partial charge on any atom is -0.377 e. The van der Waals surface area contributed by atoms with Crippen LogP contribution in [0.4, 0.5) is 5.69 Å². The van der Waals surface area contributed by atoms with Crippen molar-refractivity contribution in [2.75, 3.05) is 64.8 Å². The van der Waals surface area contributed by atoms with Crippen LogP contribution in [0.1, 0.15) is 81.8 Å². The van der Waals surface area contributed by atoms with Crippen molar-refractivity contribution in [3.05, 3.63) is 108 Å². The average molecular weight is 932 g/mol. The van der Waals surface area contributed by atoms with E-state index in [1.807, 2.05) is 96.7 Å². The highest BCUT2D eigenvalue weighted by atomic mass is 32.2. The second-order valence-electron chi connectivity index (χ2n) is 19.5. The summed E-state index contributed by atoms with van der Waals surface area (Å²) >= 11 is 0. The van der Waals surface area contributed by atoms with E-state index in [0.29, 0.717) is 76.1 Å². The van der Waals surface area contributed by atoms with Gasteiger partial charge >= 0.3 is 23.6 Å². The van der Waals surface area contributed by atoms with Crippen molar-refractivity contribution in [3.63, 3.8) is 0 Å². The predicted octanol–water partition coefficient (Wildman–Crippen LogP) is 6.01. The van der Waals surface area contributed by atoms with Crippen molar-refractivity contribution < 1.29 is 27.6 Å². The molecule has 3 aliphatic heterocycles. The Morgan fingerprint density at radius 1 is 0.716 bits per heavy atom. The molecule has 67 heavy (non-hydrogen) atoms. The molecule has 4 amide bonds. The third-order valence-electron chi connectivity index (χ3n) is 14.8. The number of nitrogens with one attached hydrogen (secondary N) is 2. The van der Waals surface area contributed by atoms with Gasteiger partial charge in [-0.3, -0.25) is 24.1 Å². The summed E-state index contributed by atoms with van der Waals surface area (Å²) in [5.74, 6) is -1.53. The van der Waals surface area contributed by atoms with Gasteiger partial charge in [0.25, 0.3) is 0 Å². The van der Waals surface area contributed by atoms with Crippen LogP contribution < -0.4 is 14.9 Å². The Labute approximate surface area is 397 Å². The third kappa shape index (κ3) is 11.7. The van der Waals surface area contributed by atoms with Gasteiger partial charge in [-0.15, -0.1) is 0 Å². The highest BCUT2D eigenvalue weighted by molar-refractivity contribution is 7.89. The molecule has 1 saturated carbocycles. The molecular weight excluding hydrogens is 863 g/mol. The lowest BCUT2D eigenvalue weighted by Gasteiger charge is -2.46. The standard InChI is InChI=1S/C53H69N7O6S/c1-56(2)48-27-14-26-47-46(48)25-15-28-49(47)67(65,66)55-30-13-12-23-43-38-60(53(64)52(63)58(43)32-29-39-17-6-3-7-18-39)45(34-41-21-10-5-11-22-41)36-57-31-16-24-42(57)37-59-44(35-54-50(61)51(59)62)33-40-19-8-4-9-20-40/h3-4,6-9,14-15,17-20,25-28,41-45,55H,5,10-13,16,21-24,29-38H2,1-2H3,(H,54,61)/t42-,43-,44-,45+/m0/s1. The molecule has 358 valence electrons. The van der Waals surface area contributed by atoms with E-state index < -0.39 is 33.7 Å². The zero-order chi connectivity index (χ0) is 46.9. The maximum Gasteiger partial charge on any atom is 0.312 e. The van der Waals surface area contributed by atoms with E-state index >= 15 is 0 Å². The Hall–Kier alpha value is -5.31. The Kier molecular flexibility index (Phi) is 16.0. The van der Waals surface area contributed by atoms with E-state index in [0.717, 1.165) is 73.7 Å². The smallest absolute Gasteiger partial charge is 0.312 e. The number of hydrogen-bond donors (Lipinski definition) is 2. The fraction of sp³-hybridized carbons (Fsp3) is 0.509. The summed E-state index contributed by atoms with van der Waals surface area (Å²) in [7, 11) is 0.0694. The summed E-state index contributed by atoms with van der Waals surface area (Å²) in [6.45, 7) is 3.32. The number of piperazine rings is 2. The van der Waals surface area contributed by atoms with Gasteiger partial charge in [-0.05, 0) is 80.7 Å². The lowest BCUT2D eigenvalue weighted by molar-refractivity contribution is -0.162. The number of nitrogens with zero attached hydrogens (tertiary/aromatic N) is 5. The maximum absolute atomic E-state index is 14.6. The second kappa shape index (κ2) is 22.2. The van der Waals surface area contributed by atoms with Gasteiger partial charge in [0.1, 0.15) is 0 Å². The molecule has 0 bridgehead atoms. The quantitative estimate of drug-likeness (QED) is 0.0812. The summed E-state index contributed by atoms with van der Waals surface area (Å²) in [5.41, 5.74) is 3.15. The first-order valence-electron chi connectivity index (χ1n) is 24.7. The number of carbonyl (C=O) groups excluding carboxylic acids is 4. The van der Waals surface area contributed by atoms with Crippen LogP contribution in [0.3, 0.4) is 0 Å². The molecule has 4 aromatic rings. The van der Waals surface area contributed by atoms with E-state index in [1.54, 1.807) is 21.9 Å². The van der Waals surface area contributed by atoms with Crippen LogP contribution in [0, 0.1) is 5.92 Å². The van der Waals surface area contributed by atoms with Gasteiger partial charge in [-0.1, -0.05) is 123 Å². The van der Waals surface area contributed by atoms with Crippen LogP contribution in [0.5, 0.6) is 0 Å². The predicted molar refractivity (Wildman–Crippen MR) is 263 cm³/mol. The Morgan fingerprint density at radius 2 is 1.43 bits per heavy atom. The molecule has 8 rings (SSSR count). The first-order valence-corrected chi connectivity index (χ1v) is 26.2. The van der Waals surface area contributed by atoms with E-state index in [9.17, 15) is 27.6 Å². The fourth-order valence-electron chi connectivity index (χ4n) is 11.2. The van der Waals surface area contributed by atoms with Crippen LogP contribution in [0.15, 0.2) is 102 Å². The zero-order valence-corrected chi connectivity index (χ0v) is 40.2. The number of benzene rings is 4. The van der Waals surface area contributed by atoms with Crippen molar-refractivity contribution in [3.8, 4) is 0 Å². The summed E-state index contributed by atoms with van der Waals surface area (Å²) in [5, 5.41) is 4.35. The number of hydrogen-bond acceptors (Lipinski definition) is 8. The monoisotopic (exact) mass is 932 g/mol. The molecule has 4 atom stereocenters. The summed E-state index contributed by atoms with van der Waals surface area (Å²) in [4.78, 5) is 65.4. The minimum atomic E-state index is -3.82. The molecule has 4 aromatic carbocycles. The van der Waals surface area contributed by atoms with E-state index in [-0.39, 0.29) is 35.6 Å². The molecule has 3 saturated heterocycles. The summed E-state index contributed by atoms with van der Waals surface area (Å²) < 4.78 is 30.4. The number of anilines is 1. The number of rotatable bonds is 20. The van der Waals surface area contributed by atoms with Crippen LogP contribution in [0.2, 0.25) is 0 Å². The number of amides is 4. The van der Waals surface area contributed by atoms with Crippen LogP contribution in [-0.2, 0) is 42.0 Å². The van der Waals surface area contributed by atoms with Gasteiger partial charge in [0.2, 0.25) is 10.0 Å². The van der Waals surface area contributed by atoms with Gasteiger partial charge in [0.05, 0.1) is 10.9 Å². The van der Waals surface area contributed by atoms with E-state index in [2.05, 4.69) is 27.1 Å². The molecule has 3 heterocycles. The molecule has 0 spiro atoms. The van der Waals surface area contributed by atoms with Crippen LogP contribution >= 0.6 is 0 Å². The first-order chi connectivity index (χ1) is 32.5. The molecular formula is C53H69N7O6S. The molecule has 13 nitrogen and oxygen atoms in total. The Balaban J connectivity index is 0.983. The maximum atomic E-state index is 14.6. The number of likely N-dealkylation sites (tertiary alicyclic amines) is 1. The van der Waals surface area contributed by atoms with Crippen molar-refractivity contribution in [2.24, 2.45) is 5.92 Å². The van der Waals surface area contributed by atoms with Crippen molar-refractivity contribution >= 4 is 50.1 Å². The van der Waals surface area contributed by atoms with Crippen LogP contribution in [0.25, 0.3) is 10.8 Å². The number of fused-ring (bicyclic) bond motifs is 1. The zero-order valence-electron chi connectivity index (χ0n) is 39.4. The topological polar surface area (TPSA) is 143 Å². The molecule has 1 aliphatic carbocycles. The highest BCUT2D eigenvalue weighted by Crippen LogP contribution is 2.33. The molecule has 4 fully saturated rings. The summed E-state index contributed by atoms with van der Waals surface area (Å²) in [6, 6.07) is 30.6. The SMILES string of the molecule is CN(C)c1cccc2c(S(=O)(=O)NCCCC[C@H]3CN([C@H](CC4CCCCC4)CN4CCC[C@H]4CN4C(=O)C(=O)NC[C@@H]4Cc4ccccc4)C(=O)C(=O)N3CCc3ccccc3)cccc12. The molecule has 2 N–H and O–H groups in total. The van der Waals surface area contributed by atoms with Crippen molar-refractivity contribution in [1.82, 2.24) is 29.6 Å².